The molecular formula is C32H36ClF2N3O2. The van der Waals surface area contributed by atoms with Gasteiger partial charge in [0.25, 0.3) is 5.91 Å². The largest absolute Gasteiger partial charge is 0.487 e. The highest BCUT2D eigenvalue weighted by atomic mass is 35.5. The molecule has 3 aromatic carbocycles. The van der Waals surface area contributed by atoms with Crippen LogP contribution in [0.4, 0.5) is 14.5 Å². The number of halogens is 3. The zero-order chi connectivity index (χ0) is 28.4. The maximum Gasteiger partial charge on any atom is 0.254 e. The van der Waals surface area contributed by atoms with Crippen molar-refractivity contribution < 1.29 is 18.3 Å². The summed E-state index contributed by atoms with van der Waals surface area (Å²) >= 11 is 5.85. The van der Waals surface area contributed by atoms with Gasteiger partial charge in [0.15, 0.2) is 0 Å². The van der Waals surface area contributed by atoms with Gasteiger partial charge in [-0.3, -0.25) is 9.69 Å². The molecule has 8 heteroatoms. The summed E-state index contributed by atoms with van der Waals surface area (Å²) in [6, 6.07) is 15.5. The fourth-order valence-electron chi connectivity index (χ4n) is 5.71. The first kappa shape index (κ1) is 28.4. The molecule has 0 saturated carbocycles. The lowest BCUT2D eigenvalue weighted by atomic mass is 9.91. The van der Waals surface area contributed by atoms with Crippen molar-refractivity contribution in [3.05, 3.63) is 93.5 Å². The molecule has 5 nitrogen and oxygen atoms in total. The van der Waals surface area contributed by atoms with Crippen molar-refractivity contribution in [2.45, 2.75) is 58.2 Å². The molecule has 5 rings (SSSR count). The van der Waals surface area contributed by atoms with Crippen LogP contribution in [0.2, 0.25) is 5.02 Å². The molecule has 2 heterocycles. The fraction of sp³-hybridized carbons (Fsp3) is 0.406. The Hall–Kier alpha value is -3.16. The molecule has 1 amide bonds. The molecule has 0 aromatic heterocycles. The van der Waals surface area contributed by atoms with Crippen LogP contribution in [0.15, 0.2) is 54.6 Å². The summed E-state index contributed by atoms with van der Waals surface area (Å²) in [6.07, 6.45) is 2.03. The first-order valence-corrected chi connectivity index (χ1v) is 14.3. The van der Waals surface area contributed by atoms with E-state index in [4.69, 9.17) is 16.3 Å². The third-order valence-corrected chi connectivity index (χ3v) is 8.14. The predicted octanol–water partition coefficient (Wildman–Crippen LogP) is 6.72. The van der Waals surface area contributed by atoms with E-state index in [2.05, 4.69) is 24.1 Å². The number of fused-ring (bicyclic) bond motifs is 2. The van der Waals surface area contributed by atoms with E-state index in [1.807, 2.05) is 36.1 Å². The maximum atomic E-state index is 14.1. The molecular weight excluding hydrogens is 532 g/mol. The van der Waals surface area contributed by atoms with Crippen LogP contribution in [0.3, 0.4) is 0 Å². The van der Waals surface area contributed by atoms with Crippen LogP contribution < -0.4 is 10.1 Å². The van der Waals surface area contributed by atoms with Crippen LogP contribution in [-0.4, -0.2) is 53.5 Å². The van der Waals surface area contributed by atoms with E-state index in [1.54, 1.807) is 12.1 Å². The minimum absolute atomic E-state index is 0.0746. The lowest BCUT2D eigenvalue weighted by molar-refractivity contribution is 0.0712. The van der Waals surface area contributed by atoms with Gasteiger partial charge in [0.1, 0.15) is 23.0 Å². The predicted molar refractivity (Wildman–Crippen MR) is 155 cm³/mol. The van der Waals surface area contributed by atoms with Gasteiger partial charge in [0.05, 0.1) is 5.02 Å². The SMILES string of the molecule is CC(C)N1CCCNc2cc(F)ccc2CN(C(=O)c2ccc3c(c2)CC(C)(Cc2ccc(Cl)c(F)c2)O3)CC1. The standard InChI is InChI=1S/C32H36ClF2N3O2/c1-21(2)37-12-4-11-36-29-17-26(34)8-6-24(29)20-38(14-13-37)31(39)23-7-10-30-25(16-23)19-32(3,40-30)18-22-5-9-27(33)28(35)15-22/h5-10,15-17,21,36H,4,11-14,18-20H2,1-3H3. The molecule has 1 N–H and O–H groups in total. The maximum absolute atomic E-state index is 14.1. The van der Waals surface area contributed by atoms with Crippen molar-refractivity contribution in [2.75, 3.05) is 31.5 Å². The van der Waals surface area contributed by atoms with Crippen molar-refractivity contribution in [2.24, 2.45) is 0 Å². The van der Waals surface area contributed by atoms with E-state index in [0.29, 0.717) is 37.5 Å². The molecule has 212 valence electrons. The number of rotatable bonds is 4. The van der Waals surface area contributed by atoms with Crippen LogP contribution in [0.1, 0.15) is 54.2 Å². The Morgan fingerprint density at radius 1 is 1.05 bits per heavy atom. The molecule has 0 fully saturated rings. The summed E-state index contributed by atoms with van der Waals surface area (Å²) in [7, 11) is 0. The number of nitrogens with zero attached hydrogens (tertiary/aromatic N) is 2. The highest BCUT2D eigenvalue weighted by molar-refractivity contribution is 6.30. The van der Waals surface area contributed by atoms with Gasteiger partial charge in [-0.05, 0) is 86.3 Å². The summed E-state index contributed by atoms with van der Waals surface area (Å²) in [5.41, 5.74) is 3.40. The topological polar surface area (TPSA) is 44.8 Å². The van der Waals surface area contributed by atoms with Crippen LogP contribution in [0.25, 0.3) is 0 Å². The highest BCUT2D eigenvalue weighted by Gasteiger charge is 2.36. The first-order valence-electron chi connectivity index (χ1n) is 13.9. The van der Waals surface area contributed by atoms with Gasteiger partial charge >= 0.3 is 0 Å². The van der Waals surface area contributed by atoms with Gasteiger partial charge in [-0.2, -0.15) is 0 Å². The quantitative estimate of drug-likeness (QED) is 0.380. The minimum atomic E-state index is -0.564. The van der Waals surface area contributed by atoms with E-state index in [9.17, 15) is 13.6 Å². The molecule has 0 aliphatic carbocycles. The number of amides is 1. The summed E-state index contributed by atoms with van der Waals surface area (Å²) in [5, 5.41) is 3.47. The van der Waals surface area contributed by atoms with Crippen LogP contribution >= 0.6 is 11.6 Å². The molecule has 0 saturated heterocycles. The molecule has 2 aliphatic rings. The Labute approximate surface area is 240 Å². The fourth-order valence-corrected chi connectivity index (χ4v) is 5.83. The third-order valence-electron chi connectivity index (χ3n) is 7.84. The highest BCUT2D eigenvalue weighted by Crippen LogP contribution is 2.38. The Morgan fingerprint density at radius 2 is 1.88 bits per heavy atom. The second kappa shape index (κ2) is 11.8. The monoisotopic (exact) mass is 567 g/mol. The smallest absolute Gasteiger partial charge is 0.254 e. The summed E-state index contributed by atoms with van der Waals surface area (Å²) in [4.78, 5) is 18.2. The second-order valence-corrected chi connectivity index (χ2v) is 11.8. The molecule has 2 aliphatic heterocycles. The van der Waals surface area contributed by atoms with Crippen LogP contribution in [-0.2, 0) is 19.4 Å². The molecule has 1 unspecified atom stereocenters. The summed E-state index contributed by atoms with van der Waals surface area (Å²) < 4.78 is 34.4. The van der Waals surface area contributed by atoms with E-state index < -0.39 is 11.4 Å². The van der Waals surface area contributed by atoms with E-state index in [-0.39, 0.29) is 16.7 Å². The van der Waals surface area contributed by atoms with Gasteiger partial charge in [-0.15, -0.1) is 0 Å². The average molecular weight is 568 g/mol. The van der Waals surface area contributed by atoms with Crippen LogP contribution in [0.5, 0.6) is 5.75 Å². The third kappa shape index (κ3) is 6.42. The number of ether oxygens (including phenoxy) is 1. The summed E-state index contributed by atoms with van der Waals surface area (Å²) in [5.74, 6) is -0.0840. The van der Waals surface area contributed by atoms with Gasteiger partial charge in [0.2, 0.25) is 0 Å². The van der Waals surface area contributed by atoms with Crippen molar-refractivity contribution in [1.82, 2.24) is 9.80 Å². The Balaban J connectivity index is 1.38. The van der Waals surface area contributed by atoms with E-state index in [1.165, 1.54) is 18.2 Å². The summed E-state index contributed by atoms with van der Waals surface area (Å²) in [6.45, 7) is 9.65. The number of carbonyl (C=O) groups excluding carboxylic acids is 1. The Bertz CT molecular complexity index is 1400. The van der Waals surface area contributed by atoms with Gasteiger partial charge in [-0.25, -0.2) is 8.78 Å². The van der Waals surface area contributed by atoms with Crippen molar-refractivity contribution in [3.63, 3.8) is 0 Å². The van der Waals surface area contributed by atoms with Crippen molar-refractivity contribution >= 4 is 23.2 Å². The molecule has 3 aromatic rings. The Morgan fingerprint density at radius 3 is 2.65 bits per heavy atom. The van der Waals surface area contributed by atoms with E-state index >= 15 is 0 Å². The molecule has 0 spiro atoms. The van der Waals surface area contributed by atoms with Gasteiger partial charge in [0, 0.05) is 62.9 Å². The van der Waals surface area contributed by atoms with Crippen molar-refractivity contribution in [3.8, 4) is 5.75 Å². The minimum Gasteiger partial charge on any atom is -0.487 e. The first-order chi connectivity index (χ1) is 19.1. The average Bonchev–Trinajstić information content (AvgIpc) is 3.22. The number of carbonyl (C=O) groups is 1. The molecule has 0 bridgehead atoms. The molecule has 0 radical (unpaired) electrons. The van der Waals surface area contributed by atoms with Crippen LogP contribution in [0, 0.1) is 11.6 Å². The number of anilines is 1. The van der Waals surface area contributed by atoms with Crippen molar-refractivity contribution in [1.29, 1.82) is 0 Å². The number of benzene rings is 3. The number of nitrogens with one attached hydrogen (secondary N) is 1. The second-order valence-electron chi connectivity index (χ2n) is 11.4. The lowest BCUT2D eigenvalue weighted by Crippen LogP contribution is -2.41. The Kier molecular flexibility index (Phi) is 8.34. The van der Waals surface area contributed by atoms with Gasteiger partial charge in [-0.1, -0.05) is 23.7 Å². The number of hydrogen-bond donors (Lipinski definition) is 1. The molecule has 40 heavy (non-hydrogen) atoms. The normalized spacial score (nSPS) is 19.8. The van der Waals surface area contributed by atoms with Gasteiger partial charge < -0.3 is 15.0 Å². The zero-order valence-corrected chi connectivity index (χ0v) is 24.0. The zero-order valence-electron chi connectivity index (χ0n) is 23.3. The number of hydrogen-bond acceptors (Lipinski definition) is 4. The molecule has 1 atom stereocenters. The lowest BCUT2D eigenvalue weighted by Gasteiger charge is -2.30. The van der Waals surface area contributed by atoms with E-state index in [0.717, 1.165) is 54.2 Å².